The van der Waals surface area contributed by atoms with E-state index >= 15 is 0 Å². The summed E-state index contributed by atoms with van der Waals surface area (Å²) in [6.07, 6.45) is 0.291. The van der Waals surface area contributed by atoms with Gasteiger partial charge in [0.1, 0.15) is 22.8 Å². The number of primary amides is 1. The van der Waals surface area contributed by atoms with Gasteiger partial charge in [0.2, 0.25) is 5.78 Å². The molecule has 1 fully saturated rings. The molecule has 1 saturated carbocycles. The molecule has 0 heterocycles. The quantitative estimate of drug-likeness (QED) is 0.278. The molecule has 218 valence electrons. The zero-order valence-electron chi connectivity index (χ0n) is 24.1. The second-order valence-electron chi connectivity index (χ2n) is 12.8. The highest BCUT2D eigenvalue weighted by molar-refractivity contribution is 6.24. The van der Waals surface area contributed by atoms with E-state index in [9.17, 15) is 34.8 Å². The highest BCUT2D eigenvalue weighted by Crippen LogP contribution is 2.54. The van der Waals surface area contributed by atoms with Crippen LogP contribution < -0.4 is 16.0 Å². The fourth-order valence-corrected chi connectivity index (χ4v) is 6.45. The minimum absolute atomic E-state index is 0.00285. The van der Waals surface area contributed by atoms with Crippen molar-refractivity contribution in [3.63, 3.8) is 0 Å². The van der Waals surface area contributed by atoms with Gasteiger partial charge in [0, 0.05) is 49.9 Å². The monoisotopic (exact) mass is 558 g/mol. The van der Waals surface area contributed by atoms with Crippen LogP contribution in [0.3, 0.4) is 0 Å². The van der Waals surface area contributed by atoms with Gasteiger partial charge in [-0.05, 0) is 49.9 Å². The molecule has 1 amide bonds. The summed E-state index contributed by atoms with van der Waals surface area (Å²) in [5, 5.41) is 49.0. The predicted molar refractivity (Wildman–Crippen MR) is 150 cm³/mol. The number of carbonyl (C=O) groups excluding carboxylic acids is 3. The highest BCUT2D eigenvalue weighted by atomic mass is 16.3. The predicted octanol–water partition coefficient (Wildman–Crippen LogP) is 1.17. The molecule has 40 heavy (non-hydrogen) atoms. The summed E-state index contributed by atoms with van der Waals surface area (Å²) in [5.41, 5.74) is 3.73. The molecule has 1 aromatic carbocycles. The first-order valence-electron chi connectivity index (χ1n) is 13.3. The van der Waals surface area contributed by atoms with Crippen molar-refractivity contribution in [2.75, 3.05) is 39.6 Å². The number of nitrogens with zero attached hydrogens (tertiary/aromatic N) is 2. The summed E-state index contributed by atoms with van der Waals surface area (Å²) in [6, 6.07) is 0.735. The number of benzene rings is 1. The number of aromatic hydroxyl groups is 1. The molecule has 0 aromatic heterocycles. The largest absolute Gasteiger partial charge is 0.508 e. The zero-order valence-corrected chi connectivity index (χ0v) is 24.1. The topological polar surface area (TPSA) is 177 Å². The molecular formula is C29H40N4O7. The van der Waals surface area contributed by atoms with Gasteiger partial charge >= 0.3 is 0 Å². The molecule has 3 aliphatic rings. The Morgan fingerprint density at radius 3 is 2.33 bits per heavy atom. The molecule has 11 nitrogen and oxygen atoms in total. The van der Waals surface area contributed by atoms with E-state index in [-0.39, 0.29) is 35.1 Å². The molecule has 0 unspecified atom stereocenters. The second-order valence-corrected chi connectivity index (χ2v) is 12.8. The summed E-state index contributed by atoms with van der Waals surface area (Å²) in [6.45, 7) is 7.21. The first kappa shape index (κ1) is 29.6. The fraction of sp³-hybridized carbons (Fsp3) is 0.552. The molecule has 0 bridgehead atoms. The molecule has 0 radical (unpaired) electrons. The Balaban J connectivity index is 1.91. The van der Waals surface area contributed by atoms with Crippen molar-refractivity contribution in [3.8, 4) is 5.75 Å². The first-order valence-corrected chi connectivity index (χ1v) is 13.3. The number of aliphatic hydroxyl groups is 3. The Bertz CT molecular complexity index is 1350. The van der Waals surface area contributed by atoms with Crippen LogP contribution in [-0.2, 0) is 27.3 Å². The van der Waals surface area contributed by atoms with Crippen molar-refractivity contribution in [1.29, 1.82) is 0 Å². The van der Waals surface area contributed by atoms with E-state index < -0.39 is 58.0 Å². The normalized spacial score (nSPS) is 26.6. The highest BCUT2D eigenvalue weighted by Gasteiger charge is 2.64. The third kappa shape index (κ3) is 4.46. The van der Waals surface area contributed by atoms with Gasteiger partial charge in [0.25, 0.3) is 5.91 Å². The molecule has 4 rings (SSSR count). The van der Waals surface area contributed by atoms with Crippen LogP contribution in [0.5, 0.6) is 5.75 Å². The van der Waals surface area contributed by atoms with Crippen LogP contribution in [0.2, 0.25) is 0 Å². The molecule has 0 aliphatic heterocycles. The third-order valence-corrected chi connectivity index (χ3v) is 8.23. The number of phenols is 1. The van der Waals surface area contributed by atoms with Gasteiger partial charge in [-0.1, -0.05) is 20.8 Å². The Labute approximate surface area is 233 Å². The molecule has 7 N–H and O–H groups in total. The van der Waals surface area contributed by atoms with E-state index in [1.165, 1.54) is 4.90 Å². The van der Waals surface area contributed by atoms with Crippen LogP contribution in [0.15, 0.2) is 23.0 Å². The van der Waals surface area contributed by atoms with E-state index in [0.717, 1.165) is 5.69 Å². The summed E-state index contributed by atoms with van der Waals surface area (Å²) in [5.74, 6) is -6.55. The average molecular weight is 559 g/mol. The number of Topliss-reactive ketones (excluding diaryl/α,β-unsaturated/α-hetero) is 2. The number of anilines is 1. The van der Waals surface area contributed by atoms with Gasteiger partial charge in [0.05, 0.1) is 11.6 Å². The van der Waals surface area contributed by atoms with E-state index in [0.29, 0.717) is 24.2 Å². The number of rotatable bonds is 6. The molecular weight excluding hydrogens is 518 g/mol. The smallest absolute Gasteiger partial charge is 0.255 e. The van der Waals surface area contributed by atoms with Gasteiger partial charge in [-0.2, -0.15) is 0 Å². The SMILES string of the molecule is CN(C)c1cc([14CH2]NCC(C)(C)C)c(O)c2c1C[C@H]1C[C@H]3[C@@H](N(C)C)C(=O)C(C(N)=O)=C(O)[C@@]3(O)C(=O)C1=C2O. The van der Waals surface area contributed by atoms with Gasteiger partial charge in [0.15, 0.2) is 11.4 Å². The Morgan fingerprint density at radius 2 is 1.80 bits per heavy atom. The van der Waals surface area contributed by atoms with E-state index in [2.05, 4.69) is 26.1 Å². The van der Waals surface area contributed by atoms with Gasteiger partial charge in [-0.25, -0.2) is 0 Å². The molecule has 1 aromatic rings. The Hall–Kier alpha value is -3.41. The number of nitrogens with two attached hydrogens (primary N) is 1. The lowest BCUT2D eigenvalue weighted by Crippen LogP contribution is -2.65. The maximum atomic E-state index is 14.0. The number of phenolic OH excluding ortho intramolecular Hbond substituents is 1. The number of carbonyl (C=O) groups is 3. The number of aliphatic hydroxyl groups excluding tert-OH is 2. The Kier molecular flexibility index (Phi) is 7.32. The van der Waals surface area contributed by atoms with Crippen molar-refractivity contribution in [1.82, 2.24) is 10.2 Å². The number of nitrogens with one attached hydrogen (secondary N) is 1. The summed E-state index contributed by atoms with van der Waals surface area (Å²) in [7, 11) is 6.84. The van der Waals surface area contributed by atoms with Crippen LogP contribution in [0.1, 0.15) is 43.9 Å². The van der Waals surface area contributed by atoms with Crippen LogP contribution in [0.4, 0.5) is 5.69 Å². The molecule has 3 aliphatic carbocycles. The van der Waals surface area contributed by atoms with Gasteiger partial charge in [-0.3, -0.25) is 19.3 Å². The first-order chi connectivity index (χ1) is 18.4. The second kappa shape index (κ2) is 9.90. The van der Waals surface area contributed by atoms with E-state index in [4.69, 9.17) is 5.73 Å². The fourth-order valence-electron chi connectivity index (χ4n) is 6.45. The summed E-state index contributed by atoms with van der Waals surface area (Å²) >= 11 is 0. The number of hydrogen-bond acceptors (Lipinski definition) is 10. The van der Waals surface area contributed by atoms with Crippen LogP contribution >= 0.6 is 0 Å². The third-order valence-electron chi connectivity index (χ3n) is 8.23. The maximum absolute atomic E-state index is 14.0. The van der Waals surface area contributed by atoms with Crippen molar-refractivity contribution in [3.05, 3.63) is 39.7 Å². The van der Waals surface area contributed by atoms with Crippen LogP contribution in [-0.4, -0.2) is 89.2 Å². The number of amides is 1. The van der Waals surface area contributed by atoms with Crippen molar-refractivity contribution in [2.45, 2.75) is 51.8 Å². The van der Waals surface area contributed by atoms with Gasteiger partial charge < -0.3 is 36.4 Å². The lowest BCUT2D eigenvalue weighted by atomic mass is 9.57. The van der Waals surface area contributed by atoms with Crippen molar-refractivity contribution in [2.24, 2.45) is 23.0 Å². The zero-order chi connectivity index (χ0) is 30.1. The standard InChI is InChI=1S/C29H40N4O7/c1-28(2,3)12-31-11-14-10-17(32(4)5)15-8-13-9-16-21(33(6)7)24(36)20(27(30)39)26(38)29(16,40)25(37)18(13)23(35)19(15)22(14)34/h10,13,16,21,31,34-35,38,40H,8-9,11-12H2,1-7H3,(H2,30,39)/t13-,16-,21+,29-/m0/s1/i11+2. The maximum Gasteiger partial charge on any atom is 0.255 e. The summed E-state index contributed by atoms with van der Waals surface area (Å²) in [4.78, 5) is 42.8. The number of ketones is 2. The molecule has 0 spiro atoms. The minimum Gasteiger partial charge on any atom is -0.508 e. The van der Waals surface area contributed by atoms with E-state index in [1.54, 1.807) is 14.1 Å². The van der Waals surface area contributed by atoms with Crippen molar-refractivity contribution < 1.29 is 34.8 Å². The lowest BCUT2D eigenvalue weighted by molar-refractivity contribution is -0.153. The van der Waals surface area contributed by atoms with Crippen molar-refractivity contribution >= 4 is 28.9 Å². The van der Waals surface area contributed by atoms with Crippen LogP contribution in [0.25, 0.3) is 5.76 Å². The van der Waals surface area contributed by atoms with Crippen LogP contribution in [0, 0.1) is 17.3 Å². The minimum atomic E-state index is -2.66. The molecule has 11 heteroatoms. The lowest BCUT2D eigenvalue weighted by Gasteiger charge is -2.50. The molecule has 4 atom stereocenters. The number of hydrogen-bond donors (Lipinski definition) is 6. The number of fused-ring (bicyclic) bond motifs is 3. The van der Waals surface area contributed by atoms with Gasteiger partial charge in [-0.15, -0.1) is 0 Å². The average Bonchev–Trinajstić information content (AvgIpc) is 2.81. The molecule has 0 saturated heterocycles. The Morgan fingerprint density at radius 1 is 1.18 bits per heavy atom. The van der Waals surface area contributed by atoms with E-state index in [1.807, 2.05) is 25.1 Å². The summed E-state index contributed by atoms with van der Waals surface area (Å²) < 4.78 is 0. The number of likely N-dealkylation sites (N-methyl/N-ethyl adjacent to an activating group) is 1.